The molecule has 13 heavy (non-hydrogen) atoms. The number of alkyl halides is 1. The molecule has 72 valence electrons. The monoisotopic (exact) mass is 241 g/mol. The first-order valence-electron chi connectivity index (χ1n) is 4.57. The van der Waals surface area contributed by atoms with Crippen molar-refractivity contribution in [3.05, 3.63) is 30.1 Å². The smallest absolute Gasteiger partial charge is 0.0305 e. The number of pyridine rings is 1. The lowest BCUT2D eigenvalue weighted by Gasteiger charge is -2.26. The van der Waals surface area contributed by atoms with Gasteiger partial charge < -0.3 is 0 Å². The molecule has 0 spiro atoms. The first-order valence-corrected chi connectivity index (χ1v) is 5.48. The Morgan fingerprint density at radius 2 is 2.23 bits per heavy atom. The summed E-state index contributed by atoms with van der Waals surface area (Å²) in [5, 5.41) is 0. The molecule has 0 aliphatic heterocycles. The molecule has 1 atom stereocenters. The zero-order valence-electron chi connectivity index (χ0n) is 8.42. The lowest BCUT2D eigenvalue weighted by molar-refractivity contribution is 0.480. The van der Waals surface area contributed by atoms with Crippen LogP contribution in [0.2, 0.25) is 0 Å². The molecule has 0 amide bonds. The molecular weight excluding hydrogens is 226 g/mol. The predicted molar refractivity (Wildman–Crippen MR) is 60.3 cm³/mol. The van der Waals surface area contributed by atoms with E-state index >= 15 is 0 Å². The van der Waals surface area contributed by atoms with Crippen molar-refractivity contribution in [2.75, 3.05) is 0 Å². The fraction of sp³-hybridized carbons (Fsp3) is 0.545. The van der Waals surface area contributed by atoms with Gasteiger partial charge in [-0.05, 0) is 23.5 Å². The highest BCUT2D eigenvalue weighted by molar-refractivity contribution is 9.09. The van der Waals surface area contributed by atoms with Gasteiger partial charge in [0.25, 0.3) is 0 Å². The van der Waals surface area contributed by atoms with Crippen LogP contribution in [0.3, 0.4) is 0 Å². The molecule has 1 nitrogen and oxygen atoms in total. The molecule has 0 aliphatic rings. The maximum absolute atomic E-state index is 4.14. The minimum atomic E-state index is 0.206. The zero-order chi connectivity index (χ0) is 9.90. The first-order chi connectivity index (χ1) is 6.02. The van der Waals surface area contributed by atoms with E-state index in [0.717, 1.165) is 6.42 Å². The fourth-order valence-electron chi connectivity index (χ4n) is 1.58. The van der Waals surface area contributed by atoms with Gasteiger partial charge in [0.05, 0.1) is 0 Å². The lowest BCUT2D eigenvalue weighted by Crippen LogP contribution is -2.20. The van der Waals surface area contributed by atoms with Gasteiger partial charge in [0.2, 0.25) is 0 Å². The van der Waals surface area contributed by atoms with E-state index in [1.54, 1.807) is 0 Å². The fourth-order valence-corrected chi connectivity index (χ4v) is 2.39. The van der Waals surface area contributed by atoms with Gasteiger partial charge in [-0.2, -0.15) is 0 Å². The normalized spacial score (nSPS) is 14.2. The number of halogens is 1. The molecule has 1 rings (SSSR count). The van der Waals surface area contributed by atoms with Crippen LogP contribution in [0.1, 0.15) is 32.8 Å². The van der Waals surface area contributed by atoms with E-state index in [-0.39, 0.29) is 5.41 Å². The maximum atomic E-state index is 4.14. The average Bonchev–Trinajstić information content (AvgIpc) is 2.04. The Bertz CT molecular complexity index is 254. The highest BCUT2D eigenvalue weighted by Crippen LogP contribution is 2.29. The van der Waals surface area contributed by atoms with E-state index < -0.39 is 0 Å². The molecule has 1 aromatic heterocycles. The Balaban J connectivity index is 2.81. The predicted octanol–water partition coefficient (Wildman–Crippen LogP) is 3.53. The zero-order valence-corrected chi connectivity index (χ0v) is 10.0. The van der Waals surface area contributed by atoms with Crippen molar-refractivity contribution in [2.24, 2.45) is 0 Å². The molecule has 0 saturated heterocycles. The number of rotatable bonds is 3. The molecule has 2 heteroatoms. The lowest BCUT2D eigenvalue weighted by atomic mass is 9.82. The molecule has 1 unspecified atom stereocenters. The van der Waals surface area contributed by atoms with E-state index in [1.165, 1.54) is 5.56 Å². The Hall–Kier alpha value is -0.370. The second kappa shape index (κ2) is 4.23. The van der Waals surface area contributed by atoms with Crippen LogP contribution < -0.4 is 0 Å². The van der Waals surface area contributed by atoms with Crippen molar-refractivity contribution in [3.8, 4) is 0 Å². The Morgan fingerprint density at radius 1 is 1.54 bits per heavy atom. The highest BCUT2D eigenvalue weighted by atomic mass is 79.9. The standard InChI is InChI=1S/C11H16BrN/c1-9(12)7-11(2,3)10-5-4-6-13-8-10/h4-6,8-9H,7H2,1-3H3. The molecule has 0 aliphatic carbocycles. The number of nitrogens with zero attached hydrogens (tertiary/aromatic N) is 1. The summed E-state index contributed by atoms with van der Waals surface area (Å²) >= 11 is 3.59. The third-order valence-electron chi connectivity index (χ3n) is 2.23. The van der Waals surface area contributed by atoms with E-state index in [1.807, 2.05) is 18.5 Å². The van der Waals surface area contributed by atoms with Crippen LogP contribution in [0, 0.1) is 0 Å². The topological polar surface area (TPSA) is 12.9 Å². The minimum Gasteiger partial charge on any atom is -0.264 e. The quantitative estimate of drug-likeness (QED) is 0.739. The first kappa shape index (κ1) is 10.7. The summed E-state index contributed by atoms with van der Waals surface area (Å²) in [6.45, 7) is 6.68. The van der Waals surface area contributed by atoms with Gasteiger partial charge in [0.15, 0.2) is 0 Å². The highest BCUT2D eigenvalue weighted by Gasteiger charge is 2.22. The van der Waals surface area contributed by atoms with E-state index in [2.05, 4.69) is 47.8 Å². The third kappa shape index (κ3) is 3.11. The largest absolute Gasteiger partial charge is 0.264 e. The van der Waals surface area contributed by atoms with Gasteiger partial charge in [0.1, 0.15) is 0 Å². The van der Waals surface area contributed by atoms with Crippen molar-refractivity contribution < 1.29 is 0 Å². The van der Waals surface area contributed by atoms with Gasteiger partial charge in [-0.15, -0.1) is 0 Å². The molecule has 0 fully saturated rings. The van der Waals surface area contributed by atoms with Crippen LogP contribution in [0.4, 0.5) is 0 Å². The minimum absolute atomic E-state index is 0.206. The number of hydrogen-bond donors (Lipinski definition) is 0. The van der Waals surface area contributed by atoms with E-state index in [9.17, 15) is 0 Å². The summed E-state index contributed by atoms with van der Waals surface area (Å²) in [7, 11) is 0. The van der Waals surface area contributed by atoms with Crippen LogP contribution in [0.15, 0.2) is 24.5 Å². The SMILES string of the molecule is CC(Br)CC(C)(C)c1cccnc1. The molecular formula is C11H16BrN. The molecule has 0 saturated carbocycles. The summed E-state index contributed by atoms with van der Waals surface area (Å²) in [5.74, 6) is 0. The van der Waals surface area contributed by atoms with Crippen LogP contribution >= 0.6 is 15.9 Å². The number of aromatic nitrogens is 1. The Labute approximate surface area is 88.7 Å². The van der Waals surface area contributed by atoms with Gasteiger partial charge in [-0.25, -0.2) is 0 Å². The van der Waals surface area contributed by atoms with E-state index in [4.69, 9.17) is 0 Å². The summed E-state index contributed by atoms with van der Waals surface area (Å²) < 4.78 is 0. The average molecular weight is 242 g/mol. The van der Waals surface area contributed by atoms with Gasteiger partial charge in [0, 0.05) is 17.2 Å². The van der Waals surface area contributed by atoms with Crippen LogP contribution in [0.25, 0.3) is 0 Å². The van der Waals surface area contributed by atoms with Gasteiger partial charge in [-0.3, -0.25) is 4.98 Å². The molecule has 0 bridgehead atoms. The summed E-state index contributed by atoms with van der Waals surface area (Å²) in [6, 6.07) is 4.14. The van der Waals surface area contributed by atoms with Gasteiger partial charge in [-0.1, -0.05) is 42.8 Å². The van der Waals surface area contributed by atoms with Crippen LogP contribution in [0.5, 0.6) is 0 Å². The van der Waals surface area contributed by atoms with Crippen molar-refractivity contribution in [1.82, 2.24) is 4.98 Å². The Morgan fingerprint density at radius 3 is 2.69 bits per heavy atom. The molecule has 0 N–H and O–H groups in total. The van der Waals surface area contributed by atoms with Crippen molar-refractivity contribution in [1.29, 1.82) is 0 Å². The summed E-state index contributed by atoms with van der Waals surface area (Å²) in [5.41, 5.74) is 1.51. The molecule has 0 radical (unpaired) electrons. The number of hydrogen-bond acceptors (Lipinski definition) is 1. The van der Waals surface area contributed by atoms with Crippen molar-refractivity contribution in [2.45, 2.75) is 37.4 Å². The van der Waals surface area contributed by atoms with E-state index in [0.29, 0.717) is 4.83 Å². The van der Waals surface area contributed by atoms with Crippen molar-refractivity contribution in [3.63, 3.8) is 0 Å². The summed E-state index contributed by atoms with van der Waals surface area (Å²) in [6.07, 6.45) is 4.89. The van der Waals surface area contributed by atoms with Crippen LogP contribution in [-0.4, -0.2) is 9.81 Å². The Kier molecular flexibility index (Phi) is 3.48. The molecule has 1 heterocycles. The second-order valence-corrected chi connectivity index (χ2v) is 5.67. The van der Waals surface area contributed by atoms with Crippen molar-refractivity contribution >= 4 is 15.9 Å². The molecule has 1 aromatic rings. The third-order valence-corrected chi connectivity index (χ3v) is 2.56. The summed E-state index contributed by atoms with van der Waals surface area (Å²) in [4.78, 5) is 4.69. The van der Waals surface area contributed by atoms with Gasteiger partial charge >= 0.3 is 0 Å². The molecule has 0 aromatic carbocycles. The second-order valence-electron chi connectivity index (χ2n) is 4.11. The van der Waals surface area contributed by atoms with Crippen LogP contribution in [-0.2, 0) is 5.41 Å². The maximum Gasteiger partial charge on any atom is 0.0305 e.